The Balaban J connectivity index is 2.22. The maximum Gasteiger partial charge on any atom is 0.257 e. The summed E-state index contributed by atoms with van der Waals surface area (Å²) < 4.78 is 7.02. The van der Waals surface area contributed by atoms with Crippen LogP contribution in [0.15, 0.2) is 30.5 Å². The van der Waals surface area contributed by atoms with Crippen molar-refractivity contribution in [1.29, 1.82) is 0 Å². The van der Waals surface area contributed by atoms with E-state index in [4.69, 9.17) is 16.3 Å². The van der Waals surface area contributed by atoms with Crippen molar-refractivity contribution in [3.63, 3.8) is 0 Å². The number of ether oxygens (including phenoxy) is 1. The summed E-state index contributed by atoms with van der Waals surface area (Å²) in [6.07, 6.45) is 1.60. The number of hydrogen-bond acceptors (Lipinski definition) is 3. The minimum atomic E-state index is -0.118. The van der Waals surface area contributed by atoms with Gasteiger partial charge in [0.1, 0.15) is 5.75 Å². The highest BCUT2D eigenvalue weighted by Gasteiger charge is 2.19. The summed E-state index contributed by atoms with van der Waals surface area (Å²) in [6.45, 7) is 3.08. The second-order valence-electron chi connectivity index (χ2n) is 4.62. The molecule has 0 unspecified atom stereocenters. The number of para-hydroxylation sites is 1. The number of carbonyl (C=O) groups is 1. The van der Waals surface area contributed by atoms with Crippen molar-refractivity contribution < 1.29 is 9.53 Å². The van der Waals surface area contributed by atoms with Crippen molar-refractivity contribution in [2.75, 3.05) is 14.2 Å². The third-order valence-corrected chi connectivity index (χ3v) is 3.58. The summed E-state index contributed by atoms with van der Waals surface area (Å²) in [6, 6.07) is 7.16. The minimum Gasteiger partial charge on any atom is -0.496 e. The van der Waals surface area contributed by atoms with Gasteiger partial charge in [0, 0.05) is 13.6 Å². The van der Waals surface area contributed by atoms with E-state index in [0.29, 0.717) is 29.4 Å². The van der Waals surface area contributed by atoms with Crippen LogP contribution in [0.5, 0.6) is 5.75 Å². The topological polar surface area (TPSA) is 47.4 Å². The van der Waals surface area contributed by atoms with Crippen LogP contribution >= 0.6 is 11.6 Å². The number of nitrogens with zero attached hydrogens (tertiary/aromatic N) is 3. The molecule has 112 valence electrons. The Hall–Kier alpha value is -2.01. The molecule has 0 aliphatic heterocycles. The number of carbonyl (C=O) groups excluding carboxylic acids is 1. The summed E-state index contributed by atoms with van der Waals surface area (Å²) in [5.74, 6) is 0.441. The maximum absolute atomic E-state index is 12.5. The van der Waals surface area contributed by atoms with Gasteiger partial charge in [0.15, 0.2) is 0 Å². The SMILES string of the molecule is CCn1ncc(Cl)c1CN(C)C(=O)c1ccccc1OC. The smallest absolute Gasteiger partial charge is 0.257 e. The molecule has 1 aromatic heterocycles. The fourth-order valence-electron chi connectivity index (χ4n) is 2.14. The van der Waals surface area contributed by atoms with Gasteiger partial charge in [-0.15, -0.1) is 0 Å². The normalized spacial score (nSPS) is 10.5. The lowest BCUT2D eigenvalue weighted by Gasteiger charge is -2.19. The second-order valence-corrected chi connectivity index (χ2v) is 5.02. The van der Waals surface area contributed by atoms with Crippen molar-refractivity contribution in [3.8, 4) is 5.75 Å². The van der Waals surface area contributed by atoms with E-state index in [-0.39, 0.29) is 5.91 Å². The zero-order valence-electron chi connectivity index (χ0n) is 12.3. The zero-order valence-corrected chi connectivity index (χ0v) is 13.1. The number of hydrogen-bond donors (Lipinski definition) is 0. The average molecular weight is 308 g/mol. The predicted molar refractivity (Wildman–Crippen MR) is 81.7 cm³/mol. The van der Waals surface area contributed by atoms with E-state index in [1.165, 1.54) is 0 Å². The minimum absolute atomic E-state index is 0.118. The first-order valence-electron chi connectivity index (χ1n) is 6.67. The zero-order chi connectivity index (χ0) is 15.4. The molecule has 1 amide bonds. The lowest BCUT2D eigenvalue weighted by atomic mass is 10.1. The summed E-state index contributed by atoms with van der Waals surface area (Å²) >= 11 is 6.13. The number of halogens is 1. The fourth-order valence-corrected chi connectivity index (χ4v) is 2.34. The van der Waals surface area contributed by atoms with Crippen molar-refractivity contribution in [2.45, 2.75) is 20.0 Å². The van der Waals surface area contributed by atoms with Gasteiger partial charge in [0.2, 0.25) is 0 Å². The molecule has 0 spiro atoms. The van der Waals surface area contributed by atoms with Crippen LogP contribution in [0.2, 0.25) is 5.02 Å². The van der Waals surface area contributed by atoms with Crippen molar-refractivity contribution in [1.82, 2.24) is 14.7 Å². The lowest BCUT2D eigenvalue weighted by Crippen LogP contribution is -2.28. The molecule has 0 N–H and O–H groups in total. The Morgan fingerprint density at radius 1 is 1.43 bits per heavy atom. The molecule has 2 rings (SSSR count). The third kappa shape index (κ3) is 3.19. The quantitative estimate of drug-likeness (QED) is 0.853. The first kappa shape index (κ1) is 15.4. The molecule has 0 radical (unpaired) electrons. The molecule has 2 aromatic rings. The number of aromatic nitrogens is 2. The molecule has 0 saturated carbocycles. The Morgan fingerprint density at radius 2 is 2.14 bits per heavy atom. The number of amides is 1. The average Bonchev–Trinajstić information content (AvgIpc) is 2.86. The molecule has 0 atom stereocenters. The van der Waals surface area contributed by atoms with Crippen LogP contribution < -0.4 is 4.74 Å². The van der Waals surface area contributed by atoms with Crippen LogP contribution in [0, 0.1) is 0 Å². The predicted octanol–water partition coefficient (Wildman–Crippen LogP) is 2.84. The largest absolute Gasteiger partial charge is 0.496 e. The van der Waals surface area contributed by atoms with Gasteiger partial charge in [0.25, 0.3) is 5.91 Å². The molecule has 0 aliphatic rings. The summed E-state index contributed by atoms with van der Waals surface area (Å²) in [4.78, 5) is 14.1. The highest BCUT2D eigenvalue weighted by Crippen LogP contribution is 2.21. The van der Waals surface area contributed by atoms with Gasteiger partial charge in [-0.25, -0.2) is 0 Å². The molecule has 0 bridgehead atoms. The van der Waals surface area contributed by atoms with Gasteiger partial charge in [0.05, 0.1) is 36.1 Å². The number of methoxy groups -OCH3 is 1. The molecule has 6 heteroatoms. The van der Waals surface area contributed by atoms with Crippen LogP contribution in [-0.2, 0) is 13.1 Å². The van der Waals surface area contributed by atoms with E-state index >= 15 is 0 Å². The standard InChI is InChI=1S/C15H18ClN3O2/c1-4-19-13(12(16)9-17-19)10-18(2)15(20)11-7-5-6-8-14(11)21-3/h5-9H,4,10H2,1-3H3. The monoisotopic (exact) mass is 307 g/mol. The van der Waals surface area contributed by atoms with Gasteiger partial charge in [-0.2, -0.15) is 5.10 Å². The Kier molecular flexibility index (Phi) is 4.85. The van der Waals surface area contributed by atoms with E-state index in [0.717, 1.165) is 5.69 Å². The first-order valence-corrected chi connectivity index (χ1v) is 7.05. The van der Waals surface area contributed by atoms with Crippen LogP contribution in [0.3, 0.4) is 0 Å². The molecule has 0 fully saturated rings. The third-order valence-electron chi connectivity index (χ3n) is 3.27. The lowest BCUT2D eigenvalue weighted by molar-refractivity contribution is 0.0778. The van der Waals surface area contributed by atoms with Gasteiger partial charge in [-0.1, -0.05) is 23.7 Å². The number of aryl methyl sites for hydroxylation is 1. The Bertz CT molecular complexity index is 640. The number of benzene rings is 1. The molecule has 0 saturated heterocycles. The highest BCUT2D eigenvalue weighted by atomic mass is 35.5. The first-order chi connectivity index (χ1) is 10.1. The molecular formula is C15H18ClN3O2. The summed E-state index contributed by atoms with van der Waals surface area (Å²) in [7, 11) is 3.28. The molecule has 1 heterocycles. The summed E-state index contributed by atoms with van der Waals surface area (Å²) in [5.41, 5.74) is 1.35. The van der Waals surface area contributed by atoms with Gasteiger partial charge in [-0.3, -0.25) is 9.48 Å². The molecule has 5 nitrogen and oxygen atoms in total. The maximum atomic E-state index is 12.5. The van der Waals surface area contributed by atoms with E-state index in [9.17, 15) is 4.79 Å². The van der Waals surface area contributed by atoms with E-state index in [1.54, 1.807) is 42.1 Å². The molecule has 0 aliphatic carbocycles. The van der Waals surface area contributed by atoms with Crippen LogP contribution in [0.25, 0.3) is 0 Å². The van der Waals surface area contributed by atoms with E-state index < -0.39 is 0 Å². The van der Waals surface area contributed by atoms with Crippen LogP contribution in [-0.4, -0.2) is 34.7 Å². The molecule has 21 heavy (non-hydrogen) atoms. The highest BCUT2D eigenvalue weighted by molar-refractivity contribution is 6.31. The van der Waals surface area contributed by atoms with Crippen molar-refractivity contribution in [2.24, 2.45) is 0 Å². The number of rotatable bonds is 5. The van der Waals surface area contributed by atoms with E-state index in [2.05, 4.69) is 5.10 Å². The summed E-state index contributed by atoms with van der Waals surface area (Å²) in [5, 5.41) is 4.74. The Labute approximate surface area is 129 Å². The molecular weight excluding hydrogens is 290 g/mol. The van der Waals surface area contributed by atoms with Crippen molar-refractivity contribution in [3.05, 3.63) is 46.7 Å². The fraction of sp³-hybridized carbons (Fsp3) is 0.333. The van der Waals surface area contributed by atoms with E-state index in [1.807, 2.05) is 19.1 Å². The van der Waals surface area contributed by atoms with Gasteiger partial charge < -0.3 is 9.64 Å². The van der Waals surface area contributed by atoms with Gasteiger partial charge >= 0.3 is 0 Å². The Morgan fingerprint density at radius 3 is 2.81 bits per heavy atom. The second kappa shape index (κ2) is 6.63. The van der Waals surface area contributed by atoms with Crippen molar-refractivity contribution >= 4 is 17.5 Å². The van der Waals surface area contributed by atoms with Crippen LogP contribution in [0.1, 0.15) is 23.0 Å². The van der Waals surface area contributed by atoms with Gasteiger partial charge in [-0.05, 0) is 19.1 Å². The van der Waals surface area contributed by atoms with Crippen LogP contribution in [0.4, 0.5) is 0 Å². The molecule has 1 aromatic carbocycles.